The van der Waals surface area contributed by atoms with E-state index in [-0.39, 0.29) is 12.5 Å². The topological polar surface area (TPSA) is 69.6 Å². The van der Waals surface area contributed by atoms with Crippen LogP contribution in [-0.4, -0.2) is 34.9 Å². The fourth-order valence-electron chi connectivity index (χ4n) is 6.82. The van der Waals surface area contributed by atoms with Crippen LogP contribution in [0.4, 0.5) is 0 Å². The van der Waals surface area contributed by atoms with Gasteiger partial charge in [-0.2, -0.15) is 0 Å². The Morgan fingerprint density at radius 1 is 0.490 bits per heavy atom. The van der Waals surface area contributed by atoms with Crippen LogP contribution in [0.2, 0.25) is 0 Å². The van der Waals surface area contributed by atoms with Crippen LogP contribution in [-0.2, 0) is 4.79 Å². The molecule has 0 saturated carbocycles. The van der Waals surface area contributed by atoms with Crippen molar-refractivity contribution in [2.24, 2.45) is 0 Å². The van der Waals surface area contributed by atoms with E-state index in [4.69, 9.17) is 0 Å². The maximum Gasteiger partial charge on any atom is 0.220 e. The quantitative estimate of drug-likeness (QED) is 0.0443. The first-order chi connectivity index (χ1) is 24.2. The zero-order valence-corrected chi connectivity index (χ0v) is 33.2. The summed E-state index contributed by atoms with van der Waals surface area (Å²) in [7, 11) is 0. The van der Waals surface area contributed by atoms with Gasteiger partial charge in [-0.3, -0.25) is 4.79 Å². The summed E-state index contributed by atoms with van der Waals surface area (Å²) < 4.78 is 0. The van der Waals surface area contributed by atoms with Crippen LogP contribution in [0.1, 0.15) is 239 Å². The molecule has 3 N–H and O–H groups in total. The molecule has 4 nitrogen and oxygen atoms in total. The number of carbonyl (C=O) groups is 1. The molecule has 0 aromatic heterocycles. The molecule has 0 aromatic carbocycles. The van der Waals surface area contributed by atoms with Gasteiger partial charge in [0.2, 0.25) is 5.91 Å². The Bertz CT molecular complexity index is 705. The highest BCUT2D eigenvalue weighted by Gasteiger charge is 2.20. The molecule has 49 heavy (non-hydrogen) atoms. The molecule has 1 amide bonds. The minimum Gasteiger partial charge on any atom is -0.394 e. The second-order valence-electron chi connectivity index (χ2n) is 15.1. The largest absolute Gasteiger partial charge is 0.394 e. The number of allylic oxidation sites excluding steroid dienone is 4. The summed E-state index contributed by atoms with van der Waals surface area (Å²) in [6, 6.07) is -0.540. The third-order valence-corrected chi connectivity index (χ3v) is 10.2. The SMILES string of the molecule is CCCCC/C=C\C=C/CCCCCCCCC(=O)NC(CO)C(O)CCCCCCCCCCCCCCCCCCCCCCCC. The first-order valence-electron chi connectivity index (χ1n) is 22.1. The van der Waals surface area contributed by atoms with E-state index in [0.29, 0.717) is 12.8 Å². The summed E-state index contributed by atoms with van der Waals surface area (Å²) in [6.07, 6.45) is 52.5. The number of nitrogens with one attached hydrogen (secondary N) is 1. The maximum absolute atomic E-state index is 12.4. The predicted molar refractivity (Wildman–Crippen MR) is 216 cm³/mol. The number of unbranched alkanes of at least 4 members (excludes halogenated alkanes) is 30. The van der Waals surface area contributed by atoms with Gasteiger partial charge in [0.1, 0.15) is 0 Å². The van der Waals surface area contributed by atoms with Crippen molar-refractivity contribution in [3.63, 3.8) is 0 Å². The molecule has 0 heterocycles. The third-order valence-electron chi connectivity index (χ3n) is 10.2. The van der Waals surface area contributed by atoms with E-state index in [2.05, 4.69) is 43.5 Å². The van der Waals surface area contributed by atoms with E-state index in [1.54, 1.807) is 0 Å². The standard InChI is InChI=1S/C45H87NO3/c1-3-5-7-9-11-13-15-17-19-20-21-22-23-24-25-27-28-30-32-34-36-38-40-44(48)43(42-47)46-45(49)41-39-37-35-33-31-29-26-18-16-14-12-10-8-6-4-2/h12,14,16,18,43-44,47-48H,3-11,13,15,17,19-42H2,1-2H3,(H,46,49)/b14-12-,18-16-. The summed E-state index contributed by atoms with van der Waals surface area (Å²) in [5.74, 6) is -0.0416. The molecule has 0 fully saturated rings. The molecule has 0 spiro atoms. The van der Waals surface area contributed by atoms with Gasteiger partial charge in [-0.25, -0.2) is 0 Å². The highest BCUT2D eigenvalue weighted by Crippen LogP contribution is 2.16. The normalized spacial score (nSPS) is 13.1. The molecule has 2 unspecified atom stereocenters. The minimum absolute atomic E-state index is 0.0416. The molecule has 0 aliphatic carbocycles. The van der Waals surface area contributed by atoms with Crippen LogP contribution in [0, 0.1) is 0 Å². The Kier molecular flexibility index (Phi) is 40.3. The van der Waals surface area contributed by atoms with Gasteiger partial charge >= 0.3 is 0 Å². The van der Waals surface area contributed by atoms with Gasteiger partial charge in [-0.15, -0.1) is 0 Å². The molecule has 0 bridgehead atoms. The summed E-state index contributed by atoms with van der Waals surface area (Å²) in [4.78, 5) is 12.4. The first-order valence-corrected chi connectivity index (χ1v) is 22.1. The fourth-order valence-corrected chi connectivity index (χ4v) is 6.82. The Labute approximate surface area is 307 Å². The van der Waals surface area contributed by atoms with Crippen molar-refractivity contribution in [3.05, 3.63) is 24.3 Å². The smallest absolute Gasteiger partial charge is 0.220 e. The number of aliphatic hydroxyl groups excluding tert-OH is 2. The van der Waals surface area contributed by atoms with Gasteiger partial charge in [-0.1, -0.05) is 218 Å². The van der Waals surface area contributed by atoms with Gasteiger partial charge in [0.25, 0.3) is 0 Å². The number of aliphatic hydroxyl groups is 2. The van der Waals surface area contributed by atoms with Crippen molar-refractivity contribution >= 4 is 5.91 Å². The average Bonchev–Trinajstić information content (AvgIpc) is 3.10. The zero-order chi connectivity index (χ0) is 35.7. The predicted octanol–water partition coefficient (Wildman–Crippen LogP) is 13.6. The highest BCUT2D eigenvalue weighted by molar-refractivity contribution is 5.76. The van der Waals surface area contributed by atoms with E-state index in [9.17, 15) is 15.0 Å². The lowest BCUT2D eigenvalue weighted by atomic mass is 10.0. The molecular formula is C45H87NO3. The minimum atomic E-state index is -0.662. The Balaban J connectivity index is 3.50. The van der Waals surface area contributed by atoms with Crippen LogP contribution in [0.3, 0.4) is 0 Å². The van der Waals surface area contributed by atoms with Crippen molar-refractivity contribution in [2.45, 2.75) is 251 Å². The highest BCUT2D eigenvalue weighted by atomic mass is 16.3. The summed E-state index contributed by atoms with van der Waals surface area (Å²) in [5.41, 5.74) is 0. The van der Waals surface area contributed by atoms with Crippen LogP contribution >= 0.6 is 0 Å². The molecule has 0 rings (SSSR count). The van der Waals surface area contributed by atoms with Crippen LogP contribution < -0.4 is 5.32 Å². The fraction of sp³-hybridized carbons (Fsp3) is 0.889. The van der Waals surface area contributed by atoms with E-state index < -0.39 is 12.1 Å². The Hall–Kier alpha value is -1.13. The lowest BCUT2D eigenvalue weighted by Crippen LogP contribution is -2.45. The van der Waals surface area contributed by atoms with Crippen LogP contribution in [0.25, 0.3) is 0 Å². The lowest BCUT2D eigenvalue weighted by molar-refractivity contribution is -0.123. The van der Waals surface area contributed by atoms with Gasteiger partial charge in [-0.05, 0) is 38.5 Å². The number of carbonyl (C=O) groups excluding carboxylic acids is 1. The molecule has 0 aliphatic rings. The molecule has 290 valence electrons. The Morgan fingerprint density at radius 3 is 1.22 bits per heavy atom. The molecular weight excluding hydrogens is 602 g/mol. The van der Waals surface area contributed by atoms with E-state index in [1.165, 1.54) is 180 Å². The number of hydrogen-bond acceptors (Lipinski definition) is 3. The first kappa shape index (κ1) is 47.9. The molecule has 0 saturated heterocycles. The lowest BCUT2D eigenvalue weighted by Gasteiger charge is -2.22. The summed E-state index contributed by atoms with van der Waals surface area (Å²) in [6.45, 7) is 4.33. The Morgan fingerprint density at radius 2 is 0.816 bits per heavy atom. The molecule has 2 atom stereocenters. The molecule has 4 heteroatoms. The maximum atomic E-state index is 12.4. The van der Waals surface area contributed by atoms with Crippen molar-refractivity contribution in [1.82, 2.24) is 5.32 Å². The van der Waals surface area contributed by atoms with Crippen molar-refractivity contribution in [3.8, 4) is 0 Å². The summed E-state index contributed by atoms with van der Waals surface area (Å²) >= 11 is 0. The summed E-state index contributed by atoms with van der Waals surface area (Å²) in [5, 5.41) is 23.2. The molecule has 0 aromatic rings. The van der Waals surface area contributed by atoms with Crippen molar-refractivity contribution in [1.29, 1.82) is 0 Å². The zero-order valence-electron chi connectivity index (χ0n) is 33.2. The van der Waals surface area contributed by atoms with Crippen LogP contribution in [0.5, 0.6) is 0 Å². The number of hydrogen-bond donors (Lipinski definition) is 3. The van der Waals surface area contributed by atoms with Crippen LogP contribution in [0.15, 0.2) is 24.3 Å². The van der Waals surface area contributed by atoms with Gasteiger partial charge < -0.3 is 15.5 Å². The van der Waals surface area contributed by atoms with Crippen molar-refractivity contribution < 1.29 is 15.0 Å². The second-order valence-corrected chi connectivity index (χ2v) is 15.1. The van der Waals surface area contributed by atoms with E-state index in [0.717, 1.165) is 32.1 Å². The van der Waals surface area contributed by atoms with Gasteiger partial charge in [0.05, 0.1) is 18.8 Å². The third kappa shape index (κ3) is 37.9. The van der Waals surface area contributed by atoms with E-state index >= 15 is 0 Å². The number of amides is 1. The monoisotopic (exact) mass is 690 g/mol. The second kappa shape index (κ2) is 41.3. The van der Waals surface area contributed by atoms with Crippen molar-refractivity contribution in [2.75, 3.05) is 6.61 Å². The van der Waals surface area contributed by atoms with Gasteiger partial charge in [0, 0.05) is 6.42 Å². The van der Waals surface area contributed by atoms with E-state index in [1.807, 2.05) is 0 Å². The molecule has 0 radical (unpaired) electrons. The number of rotatable bonds is 40. The average molecular weight is 690 g/mol. The van der Waals surface area contributed by atoms with Gasteiger partial charge in [0.15, 0.2) is 0 Å². The molecule has 0 aliphatic heterocycles.